The molecule has 0 fully saturated rings. The fraction of sp³-hybridized carbons (Fsp3) is 0.125. The molecule has 1 radical (unpaired) electrons. The van der Waals surface area contributed by atoms with Crippen molar-refractivity contribution in [1.29, 1.82) is 0 Å². The Balaban J connectivity index is 2.60. The van der Waals surface area contributed by atoms with E-state index in [1.807, 2.05) is 29.1 Å². The van der Waals surface area contributed by atoms with Crippen LogP contribution in [0.3, 0.4) is 0 Å². The van der Waals surface area contributed by atoms with Crippen LogP contribution >= 0.6 is 0 Å². The lowest BCUT2D eigenvalue weighted by molar-refractivity contribution is 0.559. The van der Waals surface area contributed by atoms with Gasteiger partial charge in [0.2, 0.25) is 0 Å². The lowest BCUT2D eigenvalue weighted by atomic mass is 10.4. The highest BCUT2D eigenvalue weighted by Gasteiger charge is 2.07. The fourth-order valence-electron chi connectivity index (χ4n) is 1.20. The molecule has 0 saturated heterocycles. The summed E-state index contributed by atoms with van der Waals surface area (Å²) >= 11 is 0. The summed E-state index contributed by atoms with van der Waals surface area (Å²) < 4.78 is 1.92. The number of fused-ring (bicyclic) bond motifs is 1. The highest BCUT2D eigenvalue weighted by atomic mass is 16.1. The van der Waals surface area contributed by atoms with E-state index in [0.717, 1.165) is 12.2 Å². The Hall–Kier alpha value is -1.31. The number of aromatic nitrogens is 1. The standard InChI is InChI=1S/C8H6NO/c10-6-8-4-3-7-2-1-5-9(7)8/h1-4H,5H2. The first-order valence-electron chi connectivity index (χ1n) is 3.16. The van der Waals surface area contributed by atoms with Crippen molar-refractivity contribution in [3.63, 3.8) is 0 Å². The predicted molar refractivity (Wildman–Crippen MR) is 38.3 cm³/mol. The minimum atomic E-state index is 0.639. The van der Waals surface area contributed by atoms with Crippen molar-refractivity contribution < 1.29 is 4.79 Å². The average Bonchev–Trinajstić information content (AvgIpc) is 2.44. The first-order chi connectivity index (χ1) is 4.92. The fourth-order valence-corrected chi connectivity index (χ4v) is 1.20. The zero-order valence-corrected chi connectivity index (χ0v) is 5.37. The molecule has 2 heterocycles. The van der Waals surface area contributed by atoms with E-state index in [1.165, 1.54) is 0 Å². The molecule has 0 aromatic carbocycles. The van der Waals surface area contributed by atoms with E-state index in [9.17, 15) is 4.79 Å². The zero-order chi connectivity index (χ0) is 6.97. The zero-order valence-electron chi connectivity index (χ0n) is 5.37. The van der Waals surface area contributed by atoms with Gasteiger partial charge < -0.3 is 4.57 Å². The molecule has 1 aliphatic rings. The Morgan fingerprint density at radius 1 is 1.50 bits per heavy atom. The molecule has 0 amide bonds. The van der Waals surface area contributed by atoms with Crippen molar-refractivity contribution >= 4 is 12.4 Å². The van der Waals surface area contributed by atoms with Gasteiger partial charge in [-0.3, -0.25) is 4.79 Å². The molecule has 2 nitrogen and oxygen atoms in total. The molecular formula is C8H6NO. The molecule has 49 valence electrons. The Kier molecular flexibility index (Phi) is 1.01. The summed E-state index contributed by atoms with van der Waals surface area (Å²) in [6.45, 7) is 0.812. The van der Waals surface area contributed by atoms with Crippen LogP contribution in [0.15, 0.2) is 18.2 Å². The molecule has 1 aliphatic heterocycles. The molecule has 10 heavy (non-hydrogen) atoms. The largest absolute Gasteiger partial charge is 0.334 e. The van der Waals surface area contributed by atoms with Crippen LogP contribution in [0, 0.1) is 0 Å². The van der Waals surface area contributed by atoms with Gasteiger partial charge in [0.05, 0.1) is 5.69 Å². The Morgan fingerprint density at radius 3 is 3.20 bits per heavy atom. The Bertz CT molecular complexity index is 296. The summed E-state index contributed by atoms with van der Waals surface area (Å²) in [5.74, 6) is 0. The molecule has 1 aromatic heterocycles. The van der Waals surface area contributed by atoms with E-state index in [-0.39, 0.29) is 0 Å². The molecule has 0 N–H and O–H groups in total. The molecule has 1 aromatic rings. The minimum absolute atomic E-state index is 0.639. The van der Waals surface area contributed by atoms with Crippen LogP contribution in [-0.2, 0) is 11.3 Å². The lowest BCUT2D eigenvalue weighted by Crippen LogP contribution is -1.97. The number of hydrogen-bond donors (Lipinski definition) is 0. The predicted octanol–water partition coefficient (Wildman–Crippen LogP) is 0.973. The molecule has 0 unspecified atom stereocenters. The van der Waals surface area contributed by atoms with Gasteiger partial charge in [0, 0.05) is 12.2 Å². The van der Waals surface area contributed by atoms with Gasteiger partial charge >= 0.3 is 0 Å². The molecule has 0 aliphatic carbocycles. The van der Waals surface area contributed by atoms with Crippen LogP contribution in [-0.4, -0.2) is 10.9 Å². The van der Waals surface area contributed by atoms with Gasteiger partial charge in [0.1, 0.15) is 0 Å². The second-order valence-electron chi connectivity index (χ2n) is 2.26. The van der Waals surface area contributed by atoms with E-state index in [2.05, 4.69) is 0 Å². The molecule has 0 spiro atoms. The normalized spacial score (nSPS) is 13.6. The quantitative estimate of drug-likeness (QED) is 0.558. The SMILES string of the molecule is O=[C]c1ccc2n1CC=C2. The topological polar surface area (TPSA) is 22.0 Å². The Morgan fingerprint density at radius 2 is 2.40 bits per heavy atom. The first-order valence-corrected chi connectivity index (χ1v) is 3.16. The van der Waals surface area contributed by atoms with Gasteiger partial charge in [0.15, 0.2) is 0 Å². The minimum Gasteiger partial charge on any atom is -0.334 e. The van der Waals surface area contributed by atoms with Gasteiger partial charge in [-0.15, -0.1) is 0 Å². The van der Waals surface area contributed by atoms with Crippen molar-refractivity contribution in [2.24, 2.45) is 0 Å². The summed E-state index contributed by atoms with van der Waals surface area (Å²) in [7, 11) is 0. The third kappa shape index (κ3) is 0.559. The highest BCUT2D eigenvalue weighted by Crippen LogP contribution is 2.14. The van der Waals surface area contributed by atoms with Crippen LogP contribution in [0.1, 0.15) is 11.4 Å². The van der Waals surface area contributed by atoms with Crippen LogP contribution in [0.25, 0.3) is 6.08 Å². The van der Waals surface area contributed by atoms with E-state index < -0.39 is 0 Å². The monoisotopic (exact) mass is 132 g/mol. The van der Waals surface area contributed by atoms with E-state index in [0.29, 0.717) is 5.69 Å². The summed E-state index contributed by atoms with van der Waals surface area (Å²) in [6.07, 6.45) is 5.91. The molecule has 0 bridgehead atoms. The average molecular weight is 132 g/mol. The van der Waals surface area contributed by atoms with E-state index in [1.54, 1.807) is 6.07 Å². The first kappa shape index (κ1) is 5.47. The van der Waals surface area contributed by atoms with Gasteiger partial charge in [-0.25, -0.2) is 0 Å². The molecule has 2 rings (SSSR count). The summed E-state index contributed by atoms with van der Waals surface area (Å²) in [5, 5.41) is 0. The van der Waals surface area contributed by atoms with Crippen LogP contribution in [0.5, 0.6) is 0 Å². The molecule has 0 saturated carbocycles. The number of allylic oxidation sites excluding steroid dienone is 1. The maximum absolute atomic E-state index is 10.3. The third-order valence-corrected chi connectivity index (χ3v) is 1.70. The second kappa shape index (κ2) is 1.84. The number of nitrogens with zero attached hydrogens (tertiary/aromatic N) is 1. The number of hydrogen-bond acceptors (Lipinski definition) is 1. The maximum Gasteiger partial charge on any atom is 0.251 e. The second-order valence-corrected chi connectivity index (χ2v) is 2.26. The van der Waals surface area contributed by atoms with Gasteiger partial charge in [-0.1, -0.05) is 6.08 Å². The molecule has 2 heteroatoms. The van der Waals surface area contributed by atoms with Gasteiger partial charge in [-0.05, 0) is 18.2 Å². The van der Waals surface area contributed by atoms with Crippen molar-refractivity contribution in [3.8, 4) is 0 Å². The maximum atomic E-state index is 10.3. The van der Waals surface area contributed by atoms with Crippen LogP contribution < -0.4 is 0 Å². The van der Waals surface area contributed by atoms with Crippen molar-refractivity contribution in [3.05, 3.63) is 29.6 Å². The smallest absolute Gasteiger partial charge is 0.251 e. The third-order valence-electron chi connectivity index (χ3n) is 1.70. The summed E-state index contributed by atoms with van der Waals surface area (Å²) in [4.78, 5) is 10.3. The van der Waals surface area contributed by atoms with Crippen molar-refractivity contribution in [2.45, 2.75) is 6.54 Å². The summed E-state index contributed by atoms with van der Waals surface area (Å²) in [5.41, 5.74) is 1.73. The summed E-state index contributed by atoms with van der Waals surface area (Å²) in [6, 6.07) is 3.70. The number of rotatable bonds is 1. The molecule has 0 atom stereocenters. The molecular weight excluding hydrogens is 126 g/mol. The van der Waals surface area contributed by atoms with E-state index in [4.69, 9.17) is 0 Å². The van der Waals surface area contributed by atoms with Crippen molar-refractivity contribution in [2.75, 3.05) is 0 Å². The van der Waals surface area contributed by atoms with Gasteiger partial charge in [0.25, 0.3) is 6.29 Å². The van der Waals surface area contributed by atoms with E-state index >= 15 is 0 Å². The van der Waals surface area contributed by atoms with Crippen LogP contribution in [0.4, 0.5) is 0 Å². The van der Waals surface area contributed by atoms with Crippen LogP contribution in [0.2, 0.25) is 0 Å². The van der Waals surface area contributed by atoms with Gasteiger partial charge in [-0.2, -0.15) is 0 Å². The Labute approximate surface area is 58.8 Å². The number of carbonyl (C=O) groups excluding carboxylic acids is 1. The highest BCUT2D eigenvalue weighted by molar-refractivity contribution is 5.75. The van der Waals surface area contributed by atoms with Crippen molar-refractivity contribution in [1.82, 2.24) is 4.57 Å². The lowest BCUT2D eigenvalue weighted by Gasteiger charge is -1.96.